The van der Waals surface area contributed by atoms with Crippen LogP contribution < -0.4 is 4.74 Å². The monoisotopic (exact) mass is 258 g/mol. The van der Waals surface area contributed by atoms with Crippen molar-refractivity contribution in [3.8, 4) is 11.8 Å². The van der Waals surface area contributed by atoms with Crippen LogP contribution in [0, 0.1) is 17.2 Å². The number of nitriles is 1. The fourth-order valence-corrected chi connectivity index (χ4v) is 2.19. The second-order valence-electron chi connectivity index (χ2n) is 4.70. The lowest BCUT2D eigenvalue weighted by Gasteiger charge is -2.29. The molecule has 1 heterocycles. The molecule has 0 aliphatic carbocycles. The predicted molar refractivity (Wildman–Crippen MR) is 71.5 cm³/mol. The van der Waals surface area contributed by atoms with Crippen molar-refractivity contribution in [3.63, 3.8) is 0 Å². The highest BCUT2D eigenvalue weighted by molar-refractivity contribution is 5.76. The van der Waals surface area contributed by atoms with Gasteiger partial charge in [-0.15, -0.1) is 0 Å². The van der Waals surface area contributed by atoms with E-state index in [9.17, 15) is 4.79 Å². The van der Waals surface area contributed by atoms with Gasteiger partial charge in [-0.2, -0.15) is 5.26 Å². The number of hydrogen-bond acceptors (Lipinski definition) is 3. The summed E-state index contributed by atoms with van der Waals surface area (Å²) in [4.78, 5) is 13.8. The number of hydrogen-bond donors (Lipinski definition) is 0. The molecule has 1 aliphatic heterocycles. The minimum Gasteiger partial charge on any atom is -0.493 e. The number of likely N-dealkylation sites (tertiary alicyclic amines) is 1. The van der Waals surface area contributed by atoms with Gasteiger partial charge in [-0.05, 0) is 25.0 Å². The first-order chi connectivity index (χ1) is 9.29. The van der Waals surface area contributed by atoms with Crippen molar-refractivity contribution in [2.75, 3.05) is 19.7 Å². The number of benzene rings is 1. The lowest BCUT2D eigenvalue weighted by Crippen LogP contribution is -2.38. The molecule has 2 rings (SSSR count). The van der Waals surface area contributed by atoms with E-state index in [4.69, 9.17) is 10.00 Å². The van der Waals surface area contributed by atoms with E-state index in [2.05, 4.69) is 6.07 Å². The first kappa shape index (κ1) is 13.4. The highest BCUT2D eigenvalue weighted by Gasteiger charge is 2.22. The zero-order chi connectivity index (χ0) is 13.5. The molecule has 100 valence electrons. The van der Waals surface area contributed by atoms with E-state index in [0.29, 0.717) is 26.1 Å². The summed E-state index contributed by atoms with van der Waals surface area (Å²) < 4.78 is 5.51. The molecular formula is C15H18N2O2. The Bertz CT molecular complexity index is 445. The van der Waals surface area contributed by atoms with Crippen molar-refractivity contribution in [1.29, 1.82) is 5.26 Å². The highest BCUT2D eigenvalue weighted by atomic mass is 16.5. The molecule has 1 fully saturated rings. The van der Waals surface area contributed by atoms with Crippen LogP contribution in [0.4, 0.5) is 0 Å². The summed E-state index contributed by atoms with van der Waals surface area (Å²) in [6.07, 6.45) is 1.98. The molecule has 1 saturated heterocycles. The first-order valence-corrected chi connectivity index (χ1v) is 6.65. The Labute approximate surface area is 113 Å². The Balaban J connectivity index is 1.69. The number of amides is 1. The molecule has 1 aromatic carbocycles. The van der Waals surface area contributed by atoms with Gasteiger partial charge >= 0.3 is 0 Å². The molecule has 1 aliphatic rings. The molecule has 0 saturated carbocycles. The van der Waals surface area contributed by atoms with Gasteiger partial charge in [0, 0.05) is 19.0 Å². The highest BCUT2D eigenvalue weighted by Crippen LogP contribution is 2.17. The van der Waals surface area contributed by atoms with Crippen LogP contribution in [0.2, 0.25) is 0 Å². The van der Waals surface area contributed by atoms with E-state index in [0.717, 1.165) is 18.6 Å². The standard InChI is InChI=1S/C15H18N2O2/c16-12-13-6-9-17(10-7-13)15(18)8-11-19-14-4-2-1-3-5-14/h1-5,13H,6-11H2. The Morgan fingerprint density at radius 2 is 2.00 bits per heavy atom. The predicted octanol–water partition coefficient (Wildman–Crippen LogP) is 2.22. The van der Waals surface area contributed by atoms with Crippen LogP contribution in [-0.4, -0.2) is 30.5 Å². The largest absolute Gasteiger partial charge is 0.493 e. The molecule has 0 atom stereocenters. The van der Waals surface area contributed by atoms with Crippen LogP contribution in [0.1, 0.15) is 19.3 Å². The first-order valence-electron chi connectivity index (χ1n) is 6.65. The minimum absolute atomic E-state index is 0.115. The molecule has 0 spiro atoms. The maximum atomic E-state index is 11.9. The summed E-state index contributed by atoms with van der Waals surface area (Å²) in [7, 11) is 0. The number of rotatable bonds is 4. The van der Waals surface area contributed by atoms with E-state index >= 15 is 0 Å². The van der Waals surface area contributed by atoms with Gasteiger partial charge in [0.05, 0.1) is 19.1 Å². The van der Waals surface area contributed by atoms with Crippen LogP contribution in [0.25, 0.3) is 0 Å². The van der Waals surface area contributed by atoms with Crippen molar-refractivity contribution in [2.45, 2.75) is 19.3 Å². The topological polar surface area (TPSA) is 53.3 Å². The Kier molecular flexibility index (Phi) is 4.79. The average Bonchev–Trinajstić information content (AvgIpc) is 2.48. The van der Waals surface area contributed by atoms with Gasteiger partial charge in [0.25, 0.3) is 0 Å². The fraction of sp³-hybridized carbons (Fsp3) is 0.467. The second kappa shape index (κ2) is 6.79. The van der Waals surface area contributed by atoms with Gasteiger partial charge in [-0.25, -0.2) is 0 Å². The Morgan fingerprint density at radius 1 is 1.32 bits per heavy atom. The molecule has 0 bridgehead atoms. The van der Waals surface area contributed by atoms with Crippen LogP contribution in [0.5, 0.6) is 5.75 Å². The zero-order valence-corrected chi connectivity index (χ0v) is 10.9. The normalized spacial score (nSPS) is 15.8. The number of carbonyl (C=O) groups excluding carboxylic acids is 1. The molecule has 4 heteroatoms. The lowest BCUT2D eigenvalue weighted by molar-refractivity contribution is -0.132. The molecule has 0 unspecified atom stereocenters. The van der Waals surface area contributed by atoms with E-state index in [1.165, 1.54) is 0 Å². The third-order valence-electron chi connectivity index (χ3n) is 3.36. The van der Waals surface area contributed by atoms with Gasteiger partial charge in [-0.3, -0.25) is 4.79 Å². The van der Waals surface area contributed by atoms with Crippen molar-refractivity contribution in [3.05, 3.63) is 30.3 Å². The maximum Gasteiger partial charge on any atom is 0.225 e. The van der Waals surface area contributed by atoms with E-state index in [1.54, 1.807) is 0 Å². The molecule has 0 N–H and O–H groups in total. The Hall–Kier alpha value is -2.02. The summed E-state index contributed by atoms with van der Waals surface area (Å²) in [5.41, 5.74) is 0. The fourth-order valence-electron chi connectivity index (χ4n) is 2.19. The molecule has 4 nitrogen and oxygen atoms in total. The van der Waals surface area contributed by atoms with Gasteiger partial charge in [0.2, 0.25) is 5.91 Å². The summed E-state index contributed by atoms with van der Waals surface area (Å²) >= 11 is 0. The van der Waals surface area contributed by atoms with Gasteiger partial charge in [0.1, 0.15) is 5.75 Å². The number of piperidine rings is 1. The van der Waals surface area contributed by atoms with Crippen molar-refractivity contribution in [2.24, 2.45) is 5.92 Å². The molecular weight excluding hydrogens is 240 g/mol. The number of para-hydroxylation sites is 1. The van der Waals surface area contributed by atoms with Crippen molar-refractivity contribution < 1.29 is 9.53 Å². The Morgan fingerprint density at radius 3 is 2.63 bits per heavy atom. The second-order valence-corrected chi connectivity index (χ2v) is 4.70. The summed E-state index contributed by atoms with van der Waals surface area (Å²) in [6.45, 7) is 1.80. The molecule has 19 heavy (non-hydrogen) atoms. The smallest absolute Gasteiger partial charge is 0.225 e. The van der Waals surface area contributed by atoms with E-state index in [1.807, 2.05) is 35.2 Å². The summed E-state index contributed by atoms with van der Waals surface area (Å²) in [6, 6.07) is 11.8. The van der Waals surface area contributed by atoms with Crippen LogP contribution in [0.3, 0.4) is 0 Å². The van der Waals surface area contributed by atoms with Crippen LogP contribution in [-0.2, 0) is 4.79 Å². The maximum absolute atomic E-state index is 11.9. The number of carbonyl (C=O) groups is 1. The SMILES string of the molecule is N#CC1CCN(C(=O)CCOc2ccccc2)CC1. The molecule has 0 radical (unpaired) electrons. The summed E-state index contributed by atoms with van der Waals surface area (Å²) in [5.74, 6) is 1.02. The van der Waals surface area contributed by atoms with Crippen LogP contribution in [0.15, 0.2) is 30.3 Å². The lowest BCUT2D eigenvalue weighted by atomic mass is 9.98. The van der Waals surface area contributed by atoms with E-state index < -0.39 is 0 Å². The number of nitrogens with zero attached hydrogens (tertiary/aromatic N) is 2. The van der Waals surface area contributed by atoms with Crippen molar-refractivity contribution in [1.82, 2.24) is 4.90 Å². The van der Waals surface area contributed by atoms with Crippen molar-refractivity contribution >= 4 is 5.91 Å². The third-order valence-corrected chi connectivity index (χ3v) is 3.36. The molecule has 0 aromatic heterocycles. The van der Waals surface area contributed by atoms with Crippen LogP contribution >= 0.6 is 0 Å². The van der Waals surface area contributed by atoms with E-state index in [-0.39, 0.29) is 11.8 Å². The molecule has 1 aromatic rings. The molecule has 1 amide bonds. The van der Waals surface area contributed by atoms with Gasteiger partial charge in [-0.1, -0.05) is 18.2 Å². The average molecular weight is 258 g/mol. The third kappa shape index (κ3) is 3.99. The van der Waals surface area contributed by atoms with Gasteiger partial charge in [0.15, 0.2) is 0 Å². The quantitative estimate of drug-likeness (QED) is 0.832. The van der Waals surface area contributed by atoms with Gasteiger partial charge < -0.3 is 9.64 Å². The number of ether oxygens (including phenoxy) is 1. The minimum atomic E-state index is 0.115. The summed E-state index contributed by atoms with van der Waals surface area (Å²) in [5, 5.41) is 8.81. The zero-order valence-electron chi connectivity index (χ0n) is 10.9.